The number of esters is 2. The molecule has 0 radical (unpaired) electrons. The van der Waals surface area contributed by atoms with Gasteiger partial charge in [-0.1, -0.05) is 12.1 Å². The minimum atomic E-state index is -4.39. The van der Waals surface area contributed by atoms with Gasteiger partial charge in [0.15, 0.2) is 0 Å². The zero-order valence-electron chi connectivity index (χ0n) is 17.2. The minimum Gasteiger partial charge on any atom is -0.460 e. The Bertz CT molecular complexity index is 1190. The molecular weight excluding hydrogens is 464 g/mol. The van der Waals surface area contributed by atoms with Crippen molar-refractivity contribution in [3.8, 4) is 0 Å². The summed E-state index contributed by atoms with van der Waals surface area (Å²) in [6, 6.07) is 7.42. The van der Waals surface area contributed by atoms with Crippen molar-refractivity contribution in [2.24, 2.45) is 0 Å². The molecule has 0 aliphatic heterocycles. The number of benzene rings is 2. The fourth-order valence-corrected chi connectivity index (χ4v) is 4.24. The second-order valence-corrected chi connectivity index (χ2v) is 9.13. The van der Waals surface area contributed by atoms with Crippen LogP contribution in [0.3, 0.4) is 0 Å². The van der Waals surface area contributed by atoms with Gasteiger partial charge in [0, 0.05) is 0 Å². The predicted octanol–water partition coefficient (Wildman–Crippen LogP) is 2.40. The Morgan fingerprint density at radius 2 is 1.06 bits per heavy atom. The van der Waals surface area contributed by atoms with E-state index in [9.17, 15) is 26.4 Å². The van der Waals surface area contributed by atoms with E-state index in [2.05, 4.69) is 31.0 Å². The Morgan fingerprint density at radius 3 is 1.38 bits per heavy atom. The quantitative estimate of drug-likeness (QED) is 0.214. The first-order valence-corrected chi connectivity index (χ1v) is 11.9. The third-order valence-corrected chi connectivity index (χ3v) is 6.29. The van der Waals surface area contributed by atoms with E-state index in [-0.39, 0.29) is 23.0 Å². The van der Waals surface area contributed by atoms with E-state index in [0.717, 1.165) is 12.1 Å². The lowest BCUT2D eigenvalue weighted by Crippen LogP contribution is -2.14. The molecule has 2 rings (SSSR count). The lowest BCUT2D eigenvalue weighted by atomic mass is 10.1. The molecule has 0 fully saturated rings. The van der Waals surface area contributed by atoms with Crippen LogP contribution in [-0.4, -0.2) is 42.0 Å². The minimum absolute atomic E-state index is 0.0132. The van der Waals surface area contributed by atoms with Crippen molar-refractivity contribution in [3.63, 3.8) is 0 Å². The van der Waals surface area contributed by atoms with Gasteiger partial charge in [-0.05, 0) is 62.0 Å². The van der Waals surface area contributed by atoms with Gasteiger partial charge in [0.25, 0.3) is 0 Å². The number of carbonyl (C=O) groups excluding carboxylic acids is 2. The van der Waals surface area contributed by atoms with Crippen LogP contribution in [0, 0.1) is 0 Å². The van der Waals surface area contributed by atoms with Crippen LogP contribution < -0.4 is 0 Å². The van der Waals surface area contributed by atoms with Crippen molar-refractivity contribution < 1.29 is 44.3 Å². The molecule has 2 aromatic rings. The van der Waals surface area contributed by atoms with E-state index in [1.807, 2.05) is 0 Å². The Morgan fingerprint density at radius 1 is 0.719 bits per heavy atom. The third kappa shape index (κ3) is 5.86. The predicted molar refractivity (Wildman–Crippen MR) is 112 cm³/mol. The van der Waals surface area contributed by atoms with Crippen LogP contribution in [-0.2, 0) is 47.7 Å². The first kappa shape index (κ1) is 24.9. The molecule has 0 atom stereocenters. The smallest absolute Gasteiger partial charge is 0.374 e. The highest BCUT2D eigenvalue weighted by molar-refractivity contribution is 7.87. The Hall–Kier alpha value is -3.38. The molecule has 0 spiro atoms. The summed E-state index contributed by atoms with van der Waals surface area (Å²) in [5.41, 5.74) is 0. The fraction of sp³-hybridized carbons (Fsp3) is 0.200. The van der Waals surface area contributed by atoms with Gasteiger partial charge in [-0.15, -0.1) is 0 Å². The van der Waals surface area contributed by atoms with Gasteiger partial charge in [0.05, 0.1) is 13.2 Å². The zero-order chi connectivity index (χ0) is 24.1. The summed E-state index contributed by atoms with van der Waals surface area (Å²) < 4.78 is 68.2. The van der Waals surface area contributed by atoms with Crippen molar-refractivity contribution in [3.05, 3.63) is 61.1 Å². The maximum atomic E-state index is 12.4. The van der Waals surface area contributed by atoms with Gasteiger partial charge in [0.1, 0.15) is 9.79 Å². The SMILES string of the molecule is C=C(OS(=O)(=O)c1ccc2cc(S(=O)(=O)OC(=C)C(=O)OCC)ccc2c1)C(=O)OCC. The molecule has 0 aromatic heterocycles. The zero-order valence-corrected chi connectivity index (χ0v) is 18.8. The number of hydrogen-bond acceptors (Lipinski definition) is 10. The van der Waals surface area contributed by atoms with E-state index in [1.165, 1.54) is 38.1 Å². The average molecular weight is 485 g/mol. The molecule has 0 saturated heterocycles. The van der Waals surface area contributed by atoms with Crippen molar-refractivity contribution in [1.82, 2.24) is 0 Å². The van der Waals surface area contributed by atoms with Crippen molar-refractivity contribution in [2.75, 3.05) is 13.2 Å². The molecule has 0 aliphatic carbocycles. The van der Waals surface area contributed by atoms with Crippen LogP contribution in [0.1, 0.15) is 13.8 Å². The van der Waals surface area contributed by atoms with E-state index >= 15 is 0 Å². The largest absolute Gasteiger partial charge is 0.460 e. The van der Waals surface area contributed by atoms with E-state index in [0.29, 0.717) is 10.8 Å². The van der Waals surface area contributed by atoms with E-state index in [1.54, 1.807) is 0 Å². The number of hydrogen-bond donors (Lipinski definition) is 0. The van der Waals surface area contributed by atoms with Gasteiger partial charge >= 0.3 is 32.2 Å². The van der Waals surface area contributed by atoms with Crippen LogP contribution in [0.25, 0.3) is 10.8 Å². The van der Waals surface area contributed by atoms with Crippen molar-refractivity contribution in [1.29, 1.82) is 0 Å². The molecule has 32 heavy (non-hydrogen) atoms. The molecule has 0 unspecified atom stereocenters. The number of rotatable bonds is 10. The fourth-order valence-electron chi connectivity index (χ4n) is 2.37. The standard InChI is InChI=1S/C20H20O10S2/c1-5-27-19(21)13(3)29-31(23,24)17-9-7-16-12-18(10-8-15(16)11-17)32(25,26)30-14(4)20(22)28-6-2/h7-12H,3-6H2,1-2H3. The van der Waals surface area contributed by atoms with Gasteiger partial charge in [0.2, 0.25) is 11.5 Å². The number of ether oxygens (including phenoxy) is 2. The summed E-state index contributed by atoms with van der Waals surface area (Å²) in [5, 5.41) is 0.694. The topological polar surface area (TPSA) is 139 Å². The maximum absolute atomic E-state index is 12.4. The summed E-state index contributed by atoms with van der Waals surface area (Å²) in [7, 11) is -8.78. The van der Waals surface area contributed by atoms with Gasteiger partial charge < -0.3 is 17.8 Å². The highest BCUT2D eigenvalue weighted by Gasteiger charge is 2.24. The van der Waals surface area contributed by atoms with Crippen LogP contribution in [0.15, 0.2) is 70.9 Å². The van der Waals surface area contributed by atoms with Crippen LogP contribution in [0.5, 0.6) is 0 Å². The highest BCUT2D eigenvalue weighted by Crippen LogP contribution is 2.26. The first-order valence-electron chi connectivity index (χ1n) is 9.06. The summed E-state index contributed by atoms with van der Waals surface area (Å²) in [4.78, 5) is 22.5. The second-order valence-electron chi connectivity index (χ2n) is 6.03. The van der Waals surface area contributed by atoms with E-state index in [4.69, 9.17) is 0 Å². The first-order chi connectivity index (χ1) is 14.9. The molecule has 0 bridgehead atoms. The molecule has 0 saturated carbocycles. The molecular formula is C20H20O10S2. The van der Waals surface area contributed by atoms with E-state index < -0.39 is 43.7 Å². The van der Waals surface area contributed by atoms with Gasteiger partial charge in [-0.25, -0.2) is 9.59 Å². The van der Waals surface area contributed by atoms with Crippen molar-refractivity contribution >= 4 is 42.9 Å². The molecule has 0 heterocycles. The maximum Gasteiger partial charge on any atom is 0.374 e. The molecule has 12 heteroatoms. The van der Waals surface area contributed by atoms with Gasteiger partial charge in [-0.3, -0.25) is 0 Å². The Balaban J connectivity index is 2.30. The molecule has 10 nitrogen and oxygen atoms in total. The highest BCUT2D eigenvalue weighted by atomic mass is 32.2. The summed E-state index contributed by atoms with van der Waals surface area (Å²) in [6.07, 6.45) is 0. The Kier molecular flexibility index (Phi) is 7.65. The third-order valence-electron chi connectivity index (χ3n) is 3.79. The molecule has 0 N–H and O–H groups in total. The molecule has 2 aromatic carbocycles. The lowest BCUT2D eigenvalue weighted by molar-refractivity contribution is -0.141. The van der Waals surface area contributed by atoms with Gasteiger partial charge in [-0.2, -0.15) is 16.8 Å². The normalized spacial score (nSPS) is 11.4. The summed E-state index contributed by atoms with van der Waals surface area (Å²) in [6.45, 7) is 9.57. The monoisotopic (exact) mass is 484 g/mol. The summed E-state index contributed by atoms with van der Waals surface area (Å²) >= 11 is 0. The lowest BCUT2D eigenvalue weighted by Gasteiger charge is -2.11. The Labute approximate surface area is 185 Å². The number of carbonyl (C=O) groups is 2. The second kappa shape index (κ2) is 9.83. The summed E-state index contributed by atoms with van der Waals surface area (Å²) in [5.74, 6) is -3.44. The molecule has 0 amide bonds. The van der Waals surface area contributed by atoms with Crippen LogP contribution >= 0.6 is 0 Å². The average Bonchev–Trinajstić information content (AvgIpc) is 2.72. The number of fused-ring (bicyclic) bond motifs is 1. The molecule has 0 aliphatic rings. The molecule has 172 valence electrons. The van der Waals surface area contributed by atoms with Crippen molar-refractivity contribution in [2.45, 2.75) is 23.6 Å². The van der Waals surface area contributed by atoms with Crippen LogP contribution in [0.4, 0.5) is 0 Å². The van der Waals surface area contributed by atoms with Crippen LogP contribution in [0.2, 0.25) is 0 Å².